The predicted molar refractivity (Wildman–Crippen MR) is 91.3 cm³/mol. The molecule has 0 aliphatic carbocycles. The molecular weight excluding hydrogens is 352 g/mol. The van der Waals surface area contributed by atoms with Gasteiger partial charge in [-0.05, 0) is 24.3 Å². The number of halogens is 2. The topological polar surface area (TPSA) is 95.1 Å². The van der Waals surface area contributed by atoms with Gasteiger partial charge < -0.3 is 15.9 Å². The summed E-state index contributed by atoms with van der Waals surface area (Å²) in [7, 11) is 0. The molecule has 1 heterocycles. The van der Waals surface area contributed by atoms with Gasteiger partial charge in [0.15, 0.2) is 5.82 Å². The standard InChI is InChI=1S/C15H19F2N5O2S/c1-15(2,3)12-20-21-14(22(12)18)25-8-11(23)19-9-4-6-10(7-5-9)24-13(16)17/h4-7,13H,8,18H2,1-3H3,(H,19,23). The Bertz CT molecular complexity index is 729. The number of carbonyl (C=O) groups is 1. The predicted octanol–water partition coefficient (Wildman–Crippen LogP) is 2.62. The lowest BCUT2D eigenvalue weighted by molar-refractivity contribution is -0.113. The first-order valence-corrected chi connectivity index (χ1v) is 8.34. The molecule has 0 aliphatic heterocycles. The van der Waals surface area contributed by atoms with E-state index in [2.05, 4.69) is 20.3 Å². The van der Waals surface area contributed by atoms with Crippen LogP contribution in [0.2, 0.25) is 0 Å². The molecular formula is C15H19F2N5O2S. The van der Waals surface area contributed by atoms with Gasteiger partial charge >= 0.3 is 6.61 Å². The molecule has 0 saturated carbocycles. The van der Waals surface area contributed by atoms with Crippen LogP contribution in [0.5, 0.6) is 5.75 Å². The van der Waals surface area contributed by atoms with E-state index in [0.29, 0.717) is 16.7 Å². The summed E-state index contributed by atoms with van der Waals surface area (Å²) in [5, 5.41) is 11.1. The van der Waals surface area contributed by atoms with E-state index in [4.69, 9.17) is 5.84 Å². The number of amides is 1. The lowest BCUT2D eigenvalue weighted by Crippen LogP contribution is -2.24. The summed E-state index contributed by atoms with van der Waals surface area (Å²) in [6.45, 7) is 3.00. The van der Waals surface area contributed by atoms with Crippen LogP contribution >= 0.6 is 11.8 Å². The zero-order valence-corrected chi connectivity index (χ0v) is 14.8. The zero-order chi connectivity index (χ0) is 18.6. The number of nitrogen functional groups attached to an aromatic ring is 1. The van der Waals surface area contributed by atoms with Gasteiger partial charge in [0.25, 0.3) is 0 Å². The first-order valence-electron chi connectivity index (χ1n) is 7.35. The van der Waals surface area contributed by atoms with Crippen LogP contribution in [0, 0.1) is 0 Å². The summed E-state index contributed by atoms with van der Waals surface area (Å²) in [6.07, 6.45) is 0. The molecule has 1 amide bonds. The maximum absolute atomic E-state index is 12.1. The summed E-state index contributed by atoms with van der Waals surface area (Å²) in [6, 6.07) is 5.65. The van der Waals surface area contributed by atoms with Crippen molar-refractivity contribution in [2.24, 2.45) is 0 Å². The molecule has 136 valence electrons. The van der Waals surface area contributed by atoms with Gasteiger partial charge in [0, 0.05) is 11.1 Å². The van der Waals surface area contributed by atoms with Crippen molar-refractivity contribution in [3.8, 4) is 5.75 Å². The average Bonchev–Trinajstić information content (AvgIpc) is 2.88. The van der Waals surface area contributed by atoms with Crippen molar-refractivity contribution in [2.45, 2.75) is 38.0 Å². The summed E-state index contributed by atoms with van der Waals surface area (Å²) < 4.78 is 29.8. The van der Waals surface area contributed by atoms with Crippen LogP contribution in [-0.2, 0) is 10.2 Å². The summed E-state index contributed by atoms with van der Waals surface area (Å²) >= 11 is 1.15. The minimum absolute atomic E-state index is 0.0216. The number of carbonyl (C=O) groups excluding carboxylic acids is 1. The Kier molecular flexibility index (Phi) is 5.83. The molecule has 0 bridgehead atoms. The third-order valence-corrected chi connectivity index (χ3v) is 3.97. The van der Waals surface area contributed by atoms with Crippen LogP contribution in [0.3, 0.4) is 0 Å². The van der Waals surface area contributed by atoms with E-state index >= 15 is 0 Å². The Labute approximate surface area is 147 Å². The fraction of sp³-hybridized carbons (Fsp3) is 0.400. The van der Waals surface area contributed by atoms with Crippen LogP contribution in [0.1, 0.15) is 26.6 Å². The molecule has 0 spiro atoms. The Morgan fingerprint density at radius 3 is 2.48 bits per heavy atom. The van der Waals surface area contributed by atoms with Crippen LogP contribution in [0.25, 0.3) is 0 Å². The van der Waals surface area contributed by atoms with Crippen LogP contribution in [-0.4, -0.2) is 33.1 Å². The Morgan fingerprint density at radius 2 is 1.96 bits per heavy atom. The van der Waals surface area contributed by atoms with Gasteiger partial charge in [0.1, 0.15) is 5.75 Å². The van der Waals surface area contributed by atoms with Gasteiger partial charge in [-0.3, -0.25) is 4.79 Å². The lowest BCUT2D eigenvalue weighted by atomic mass is 9.96. The fourth-order valence-electron chi connectivity index (χ4n) is 1.93. The number of rotatable bonds is 6. The highest BCUT2D eigenvalue weighted by atomic mass is 32.2. The van der Waals surface area contributed by atoms with E-state index in [1.54, 1.807) is 0 Å². The highest BCUT2D eigenvalue weighted by molar-refractivity contribution is 7.99. The normalized spacial score (nSPS) is 11.6. The van der Waals surface area contributed by atoms with Crippen LogP contribution < -0.4 is 15.9 Å². The van der Waals surface area contributed by atoms with E-state index in [-0.39, 0.29) is 22.8 Å². The summed E-state index contributed by atoms with van der Waals surface area (Å²) in [5.41, 5.74) is 0.210. The molecule has 2 rings (SSSR count). The number of alkyl halides is 2. The van der Waals surface area contributed by atoms with Crippen molar-refractivity contribution in [1.82, 2.24) is 14.9 Å². The van der Waals surface area contributed by atoms with Gasteiger partial charge in [-0.15, -0.1) is 10.2 Å². The molecule has 1 aromatic carbocycles. The molecule has 2 aromatic rings. The molecule has 0 fully saturated rings. The van der Waals surface area contributed by atoms with Crippen molar-refractivity contribution in [2.75, 3.05) is 16.9 Å². The number of hydrogen-bond acceptors (Lipinski definition) is 6. The number of thioether (sulfide) groups is 1. The molecule has 0 saturated heterocycles. The molecule has 0 unspecified atom stereocenters. The van der Waals surface area contributed by atoms with Gasteiger partial charge in [-0.25, -0.2) is 4.68 Å². The number of nitrogens with two attached hydrogens (primary N) is 1. The molecule has 25 heavy (non-hydrogen) atoms. The number of anilines is 1. The second kappa shape index (κ2) is 7.68. The van der Waals surface area contributed by atoms with E-state index in [1.807, 2.05) is 20.8 Å². The monoisotopic (exact) mass is 371 g/mol. The molecule has 3 N–H and O–H groups in total. The van der Waals surface area contributed by atoms with E-state index in [9.17, 15) is 13.6 Å². The minimum atomic E-state index is -2.89. The molecule has 1 aromatic heterocycles. The van der Waals surface area contributed by atoms with Gasteiger partial charge in [0.05, 0.1) is 5.75 Å². The average molecular weight is 371 g/mol. The molecule has 0 aliphatic rings. The number of aromatic nitrogens is 3. The number of nitrogens with one attached hydrogen (secondary N) is 1. The SMILES string of the molecule is CC(C)(C)c1nnc(SCC(=O)Nc2ccc(OC(F)F)cc2)n1N. The first kappa shape index (κ1) is 19.0. The van der Waals surface area contributed by atoms with E-state index in [0.717, 1.165) is 11.8 Å². The third kappa shape index (κ3) is 5.31. The van der Waals surface area contributed by atoms with E-state index in [1.165, 1.54) is 28.9 Å². The van der Waals surface area contributed by atoms with Crippen molar-refractivity contribution in [3.05, 3.63) is 30.1 Å². The third-order valence-electron chi connectivity index (χ3n) is 3.03. The lowest BCUT2D eigenvalue weighted by Gasteiger charge is -2.16. The first-order chi connectivity index (χ1) is 11.7. The molecule has 0 atom stereocenters. The van der Waals surface area contributed by atoms with Crippen LogP contribution in [0.15, 0.2) is 29.4 Å². The largest absolute Gasteiger partial charge is 0.435 e. The van der Waals surface area contributed by atoms with Gasteiger partial charge in [-0.1, -0.05) is 32.5 Å². The second-order valence-electron chi connectivity index (χ2n) is 6.17. The smallest absolute Gasteiger partial charge is 0.387 e. The highest BCUT2D eigenvalue weighted by Crippen LogP contribution is 2.23. The van der Waals surface area contributed by atoms with Gasteiger partial charge in [-0.2, -0.15) is 8.78 Å². The number of hydrogen-bond donors (Lipinski definition) is 2. The van der Waals surface area contributed by atoms with Gasteiger partial charge in [0.2, 0.25) is 11.1 Å². The number of ether oxygens (including phenoxy) is 1. The van der Waals surface area contributed by atoms with Crippen LogP contribution in [0.4, 0.5) is 14.5 Å². The summed E-state index contributed by atoms with van der Waals surface area (Å²) in [4.78, 5) is 12.0. The van der Waals surface area contributed by atoms with Crippen molar-refractivity contribution in [3.63, 3.8) is 0 Å². The molecule has 7 nitrogen and oxygen atoms in total. The van der Waals surface area contributed by atoms with Crippen molar-refractivity contribution >= 4 is 23.4 Å². The minimum Gasteiger partial charge on any atom is -0.435 e. The Hall–Kier alpha value is -2.36. The second-order valence-corrected chi connectivity index (χ2v) is 7.11. The zero-order valence-electron chi connectivity index (χ0n) is 14.0. The number of benzene rings is 1. The fourth-order valence-corrected chi connectivity index (χ4v) is 2.59. The van der Waals surface area contributed by atoms with E-state index < -0.39 is 6.61 Å². The van der Waals surface area contributed by atoms with Crippen molar-refractivity contribution in [1.29, 1.82) is 0 Å². The number of nitrogens with zero attached hydrogens (tertiary/aromatic N) is 3. The highest BCUT2D eigenvalue weighted by Gasteiger charge is 2.23. The van der Waals surface area contributed by atoms with Crippen molar-refractivity contribution < 1.29 is 18.3 Å². The molecule has 0 radical (unpaired) electrons. The molecule has 10 heteroatoms. The summed E-state index contributed by atoms with van der Waals surface area (Å²) in [5.74, 6) is 6.38. The maximum Gasteiger partial charge on any atom is 0.387 e. The maximum atomic E-state index is 12.1. The Balaban J connectivity index is 1.90. The quantitative estimate of drug-likeness (QED) is 0.599. The Morgan fingerprint density at radius 1 is 1.32 bits per heavy atom.